The Morgan fingerprint density at radius 2 is 1.68 bits per heavy atom. The van der Waals surface area contributed by atoms with Crippen molar-refractivity contribution >= 4 is 29.7 Å². The second kappa shape index (κ2) is 7.37. The minimum Gasteiger partial charge on any atom is -0.466 e. The molecule has 1 aliphatic rings. The zero-order valence-electron chi connectivity index (χ0n) is 11.2. The van der Waals surface area contributed by atoms with Gasteiger partial charge in [-0.2, -0.15) is 11.8 Å². The van der Waals surface area contributed by atoms with Gasteiger partial charge in [-0.05, 0) is 6.42 Å². The fourth-order valence-corrected chi connectivity index (χ4v) is 3.25. The number of carbonyl (C=O) groups is 3. The summed E-state index contributed by atoms with van der Waals surface area (Å²) in [5, 5.41) is -0.0346. The number of esters is 3. The summed E-state index contributed by atoms with van der Waals surface area (Å²) in [6, 6.07) is 0. The van der Waals surface area contributed by atoms with Crippen LogP contribution in [0.25, 0.3) is 0 Å². The van der Waals surface area contributed by atoms with Crippen LogP contribution in [0.2, 0.25) is 0 Å². The summed E-state index contributed by atoms with van der Waals surface area (Å²) in [6.45, 7) is 4.24. The van der Waals surface area contributed by atoms with Crippen LogP contribution in [0.4, 0.5) is 0 Å². The van der Waals surface area contributed by atoms with Crippen LogP contribution in [0.1, 0.15) is 27.2 Å². The van der Waals surface area contributed by atoms with Crippen LogP contribution in [0.15, 0.2) is 0 Å². The normalized spacial score (nSPS) is 25.7. The van der Waals surface area contributed by atoms with E-state index in [4.69, 9.17) is 14.2 Å². The molecule has 0 aromatic rings. The molecule has 1 heterocycles. The van der Waals surface area contributed by atoms with E-state index in [1.807, 2.05) is 0 Å². The van der Waals surface area contributed by atoms with Gasteiger partial charge in [0.05, 0.1) is 6.61 Å². The van der Waals surface area contributed by atoms with Crippen LogP contribution in [0, 0.1) is 0 Å². The molecule has 0 spiro atoms. The van der Waals surface area contributed by atoms with Crippen LogP contribution < -0.4 is 0 Å². The molecule has 19 heavy (non-hydrogen) atoms. The molecule has 0 radical (unpaired) electrons. The fourth-order valence-electron chi connectivity index (χ4n) is 1.87. The number of carbonyl (C=O) groups excluding carboxylic acids is 3. The van der Waals surface area contributed by atoms with E-state index < -0.39 is 24.1 Å². The van der Waals surface area contributed by atoms with Gasteiger partial charge in [-0.15, -0.1) is 0 Å². The molecule has 0 aromatic heterocycles. The Morgan fingerprint density at radius 1 is 1.05 bits per heavy atom. The monoisotopic (exact) mass is 290 g/mol. The molecular formula is C12H18O6S. The smallest absolute Gasteiger partial charge is 0.303 e. The van der Waals surface area contributed by atoms with Gasteiger partial charge in [-0.3, -0.25) is 14.4 Å². The lowest BCUT2D eigenvalue weighted by Gasteiger charge is -2.23. The van der Waals surface area contributed by atoms with Crippen molar-refractivity contribution in [2.75, 3.05) is 12.4 Å². The topological polar surface area (TPSA) is 78.9 Å². The van der Waals surface area contributed by atoms with Crippen LogP contribution in [-0.4, -0.2) is 47.7 Å². The van der Waals surface area contributed by atoms with Gasteiger partial charge in [-0.25, -0.2) is 0 Å². The standard InChI is InChI=1S/C12H18O6S/c1-7(13)16-5-4-11-12(18-9(3)15)10(6-19-11)17-8(2)14/h10-12H,4-6H2,1-3H3/t10-,11-,12-/m0/s1. The molecular weight excluding hydrogens is 272 g/mol. The van der Waals surface area contributed by atoms with Crippen molar-refractivity contribution in [3.8, 4) is 0 Å². The van der Waals surface area contributed by atoms with Gasteiger partial charge in [0.15, 0.2) is 6.10 Å². The van der Waals surface area contributed by atoms with Crippen molar-refractivity contribution in [2.45, 2.75) is 44.6 Å². The first-order chi connectivity index (χ1) is 8.90. The molecule has 0 aromatic carbocycles. The lowest BCUT2D eigenvalue weighted by molar-refractivity contribution is -0.162. The Morgan fingerprint density at radius 3 is 2.21 bits per heavy atom. The maximum Gasteiger partial charge on any atom is 0.303 e. The summed E-state index contributed by atoms with van der Waals surface area (Å²) in [6.07, 6.45) is -0.365. The van der Waals surface area contributed by atoms with E-state index in [9.17, 15) is 14.4 Å². The summed E-state index contributed by atoms with van der Waals surface area (Å²) in [7, 11) is 0. The molecule has 0 N–H and O–H groups in total. The Labute approximate surface area is 116 Å². The molecule has 6 nitrogen and oxygen atoms in total. The predicted octanol–water partition coefficient (Wildman–Crippen LogP) is 0.918. The molecule has 7 heteroatoms. The average Bonchev–Trinajstić information content (AvgIpc) is 2.60. The van der Waals surface area contributed by atoms with Crippen molar-refractivity contribution < 1.29 is 28.6 Å². The van der Waals surface area contributed by atoms with E-state index in [0.29, 0.717) is 12.2 Å². The highest BCUT2D eigenvalue weighted by atomic mass is 32.2. The number of rotatable bonds is 5. The Bertz CT molecular complexity index is 356. The lowest BCUT2D eigenvalue weighted by Crippen LogP contribution is -2.37. The Balaban J connectivity index is 2.56. The predicted molar refractivity (Wildman–Crippen MR) is 68.6 cm³/mol. The van der Waals surface area contributed by atoms with Crippen LogP contribution >= 0.6 is 11.8 Å². The minimum absolute atomic E-state index is 0.0346. The van der Waals surface area contributed by atoms with E-state index in [1.165, 1.54) is 20.8 Å². The summed E-state index contributed by atoms with van der Waals surface area (Å²) < 4.78 is 15.2. The number of hydrogen-bond donors (Lipinski definition) is 0. The highest BCUT2D eigenvalue weighted by Crippen LogP contribution is 2.34. The van der Waals surface area contributed by atoms with Gasteiger partial charge in [0.2, 0.25) is 0 Å². The summed E-state index contributed by atoms with van der Waals surface area (Å²) >= 11 is 1.55. The van der Waals surface area contributed by atoms with Crippen molar-refractivity contribution in [1.82, 2.24) is 0 Å². The maximum atomic E-state index is 11.1. The number of ether oxygens (including phenoxy) is 3. The van der Waals surface area contributed by atoms with Crippen molar-refractivity contribution in [2.24, 2.45) is 0 Å². The van der Waals surface area contributed by atoms with Gasteiger partial charge in [-0.1, -0.05) is 0 Å². The van der Waals surface area contributed by atoms with E-state index in [2.05, 4.69) is 0 Å². The molecule has 3 atom stereocenters. The second-order valence-corrected chi connectivity index (χ2v) is 5.49. The van der Waals surface area contributed by atoms with Gasteiger partial charge in [0.25, 0.3) is 0 Å². The number of hydrogen-bond acceptors (Lipinski definition) is 7. The minimum atomic E-state index is -0.484. The third-order valence-corrected chi connectivity index (χ3v) is 3.99. The fraction of sp³-hybridized carbons (Fsp3) is 0.750. The molecule has 0 bridgehead atoms. The van der Waals surface area contributed by atoms with Crippen LogP contribution in [0.5, 0.6) is 0 Å². The third kappa shape index (κ3) is 5.50. The van der Waals surface area contributed by atoms with Crippen molar-refractivity contribution in [3.05, 3.63) is 0 Å². The quantitative estimate of drug-likeness (QED) is 0.550. The first-order valence-electron chi connectivity index (χ1n) is 5.99. The molecule has 0 amide bonds. The van der Waals surface area contributed by atoms with Gasteiger partial charge < -0.3 is 14.2 Å². The van der Waals surface area contributed by atoms with Gasteiger partial charge in [0.1, 0.15) is 6.10 Å². The Kier molecular flexibility index (Phi) is 6.14. The SMILES string of the molecule is CC(=O)OCC[C@@H]1SC[C@H](OC(C)=O)[C@@H]1OC(C)=O. The first kappa shape index (κ1) is 15.8. The highest BCUT2D eigenvalue weighted by molar-refractivity contribution is 8.00. The van der Waals surface area contributed by atoms with Crippen molar-refractivity contribution in [1.29, 1.82) is 0 Å². The lowest BCUT2D eigenvalue weighted by atomic mass is 10.1. The Hall–Kier alpha value is -1.24. The summed E-state index contributed by atoms with van der Waals surface area (Å²) in [4.78, 5) is 32.8. The maximum absolute atomic E-state index is 11.1. The third-order valence-electron chi connectivity index (χ3n) is 2.53. The van der Waals surface area contributed by atoms with Crippen molar-refractivity contribution in [3.63, 3.8) is 0 Å². The zero-order chi connectivity index (χ0) is 14.4. The average molecular weight is 290 g/mol. The largest absolute Gasteiger partial charge is 0.466 e. The molecule has 1 saturated heterocycles. The molecule has 1 fully saturated rings. The van der Waals surface area contributed by atoms with Crippen LogP contribution in [0.3, 0.4) is 0 Å². The molecule has 108 valence electrons. The van der Waals surface area contributed by atoms with Crippen LogP contribution in [-0.2, 0) is 28.6 Å². The highest BCUT2D eigenvalue weighted by Gasteiger charge is 2.41. The molecule has 0 aliphatic carbocycles. The summed E-state index contributed by atoms with van der Waals surface area (Å²) in [5.74, 6) is -0.587. The molecule has 0 unspecified atom stereocenters. The van der Waals surface area contributed by atoms with Gasteiger partial charge >= 0.3 is 17.9 Å². The van der Waals surface area contributed by atoms with E-state index in [1.54, 1.807) is 11.8 Å². The number of thioether (sulfide) groups is 1. The van der Waals surface area contributed by atoms with E-state index in [0.717, 1.165) is 0 Å². The van der Waals surface area contributed by atoms with Gasteiger partial charge in [0, 0.05) is 31.8 Å². The second-order valence-electron chi connectivity index (χ2n) is 4.22. The zero-order valence-corrected chi connectivity index (χ0v) is 12.0. The molecule has 0 saturated carbocycles. The molecule has 1 aliphatic heterocycles. The molecule has 1 rings (SSSR count). The first-order valence-corrected chi connectivity index (χ1v) is 7.04. The van der Waals surface area contributed by atoms with E-state index in [-0.39, 0.29) is 17.8 Å². The summed E-state index contributed by atoms with van der Waals surface area (Å²) in [5.41, 5.74) is 0. The van der Waals surface area contributed by atoms with E-state index >= 15 is 0 Å².